The van der Waals surface area contributed by atoms with Crippen molar-refractivity contribution in [1.82, 2.24) is 20.4 Å². The molecule has 2 N–H and O–H groups in total. The van der Waals surface area contributed by atoms with E-state index in [4.69, 9.17) is 16.6 Å². The minimum atomic E-state index is 0.0143. The van der Waals surface area contributed by atoms with E-state index in [1.165, 1.54) is 25.7 Å². The Morgan fingerprint density at radius 2 is 1.90 bits per heavy atom. The Morgan fingerprint density at radius 1 is 1.24 bits per heavy atom. The first-order valence-electron chi connectivity index (χ1n) is 8.06. The maximum atomic E-state index is 6.56. The minimum absolute atomic E-state index is 0.0143. The van der Waals surface area contributed by atoms with Crippen LogP contribution in [0, 0.1) is 0 Å². The summed E-state index contributed by atoms with van der Waals surface area (Å²) in [5.74, 6) is 1.13. The van der Waals surface area contributed by atoms with Gasteiger partial charge in [-0.25, -0.2) is 4.99 Å². The lowest BCUT2D eigenvalue weighted by Crippen LogP contribution is -2.54. The van der Waals surface area contributed by atoms with Crippen LogP contribution in [0.2, 0.25) is 0 Å². The molecule has 21 heavy (non-hydrogen) atoms. The summed E-state index contributed by atoms with van der Waals surface area (Å²) < 4.78 is 0. The van der Waals surface area contributed by atoms with Crippen LogP contribution in [0.1, 0.15) is 32.6 Å². The fourth-order valence-electron chi connectivity index (χ4n) is 3.45. The summed E-state index contributed by atoms with van der Waals surface area (Å²) in [5.41, 5.74) is 0.943. The van der Waals surface area contributed by atoms with Gasteiger partial charge in [-0.05, 0) is 19.8 Å². The molecule has 3 aliphatic rings. The van der Waals surface area contributed by atoms with Gasteiger partial charge in [0, 0.05) is 39.3 Å². The smallest absolute Gasteiger partial charge is 0.177 e. The minimum Gasteiger partial charge on any atom is -0.354 e. The molecule has 1 saturated heterocycles. The summed E-state index contributed by atoms with van der Waals surface area (Å²) in [6.45, 7) is 6.04. The van der Waals surface area contributed by atoms with Crippen LogP contribution in [0.5, 0.6) is 0 Å². The first-order valence-corrected chi connectivity index (χ1v) is 8.43. The van der Waals surface area contributed by atoms with Crippen molar-refractivity contribution in [3.63, 3.8) is 0 Å². The lowest BCUT2D eigenvalue weighted by Gasteiger charge is -2.42. The summed E-state index contributed by atoms with van der Waals surface area (Å²) in [4.78, 5) is 9.33. The molecule has 0 amide bonds. The lowest BCUT2D eigenvalue weighted by atomic mass is 10.2. The number of hydrogen-bond donors (Lipinski definition) is 2. The van der Waals surface area contributed by atoms with Gasteiger partial charge in [0.2, 0.25) is 0 Å². The second-order valence-electron chi connectivity index (χ2n) is 6.22. The highest BCUT2D eigenvalue weighted by Crippen LogP contribution is 2.27. The molecular weight excluding hydrogens is 286 g/mol. The van der Waals surface area contributed by atoms with Gasteiger partial charge in [-0.1, -0.05) is 24.4 Å². The van der Waals surface area contributed by atoms with Crippen molar-refractivity contribution < 1.29 is 0 Å². The fourth-order valence-corrected chi connectivity index (χ4v) is 3.75. The van der Waals surface area contributed by atoms with E-state index in [0.717, 1.165) is 42.7 Å². The molecule has 1 saturated carbocycles. The molecule has 0 radical (unpaired) electrons. The van der Waals surface area contributed by atoms with Gasteiger partial charge in [-0.3, -0.25) is 5.32 Å². The molecule has 1 unspecified atom stereocenters. The molecule has 118 valence electrons. The van der Waals surface area contributed by atoms with Gasteiger partial charge < -0.3 is 15.1 Å². The summed E-state index contributed by atoms with van der Waals surface area (Å²) in [5, 5.41) is 7.88. The van der Waals surface area contributed by atoms with Crippen molar-refractivity contribution in [3.05, 3.63) is 10.9 Å². The van der Waals surface area contributed by atoms with Gasteiger partial charge in [0.15, 0.2) is 6.29 Å². The van der Waals surface area contributed by atoms with E-state index in [2.05, 4.69) is 27.5 Å². The third-order valence-corrected chi connectivity index (χ3v) is 5.13. The Morgan fingerprint density at radius 3 is 2.57 bits per heavy atom. The quantitative estimate of drug-likeness (QED) is 0.829. The largest absolute Gasteiger partial charge is 0.354 e. The fraction of sp³-hybridized carbons (Fsp3) is 0.800. The maximum Gasteiger partial charge on any atom is 0.177 e. The Bertz CT molecular complexity index is 435. The van der Waals surface area contributed by atoms with Crippen LogP contribution in [0.25, 0.3) is 0 Å². The zero-order valence-corrected chi connectivity index (χ0v) is 13.8. The molecule has 0 spiro atoms. The number of halogens is 1. The number of aliphatic imine (C=N–C) groups is 1. The number of nitrogens with one attached hydrogen (secondary N) is 2. The maximum absolute atomic E-state index is 6.56. The van der Waals surface area contributed by atoms with Crippen LogP contribution in [0.4, 0.5) is 0 Å². The first kappa shape index (κ1) is 15.1. The molecule has 2 aliphatic heterocycles. The Hall–Kier alpha value is -0.780. The van der Waals surface area contributed by atoms with Crippen molar-refractivity contribution in [2.45, 2.75) is 44.9 Å². The predicted molar refractivity (Wildman–Crippen MR) is 87.4 cm³/mol. The number of hydrogen-bond acceptors (Lipinski definition) is 5. The monoisotopic (exact) mass is 311 g/mol. The summed E-state index contributed by atoms with van der Waals surface area (Å²) in [7, 11) is 2.10. The zero-order valence-electron chi connectivity index (χ0n) is 13.0. The molecule has 2 fully saturated rings. The van der Waals surface area contributed by atoms with Crippen LogP contribution in [0.3, 0.4) is 0 Å². The molecule has 0 aromatic rings. The highest BCUT2D eigenvalue weighted by molar-refractivity contribution is 6.43. The number of allylic oxidation sites excluding steroid dienone is 1. The number of nitrogens with zero attached hydrogens (tertiary/aromatic N) is 3. The van der Waals surface area contributed by atoms with Gasteiger partial charge in [0.1, 0.15) is 10.9 Å². The van der Waals surface area contributed by atoms with Crippen molar-refractivity contribution in [2.24, 2.45) is 4.99 Å². The lowest BCUT2D eigenvalue weighted by molar-refractivity contribution is 0.151. The average molecular weight is 312 g/mol. The second-order valence-corrected chi connectivity index (χ2v) is 6.60. The second kappa shape index (κ2) is 6.55. The van der Waals surface area contributed by atoms with E-state index in [0.29, 0.717) is 6.04 Å². The Balaban J connectivity index is 1.76. The molecule has 0 bridgehead atoms. The Labute approximate surface area is 132 Å². The topological polar surface area (TPSA) is 42.9 Å². The van der Waals surface area contributed by atoms with Gasteiger partial charge in [-0.15, -0.1) is 0 Å². The van der Waals surface area contributed by atoms with Crippen LogP contribution < -0.4 is 10.6 Å². The van der Waals surface area contributed by atoms with E-state index in [9.17, 15) is 0 Å². The normalized spacial score (nSPS) is 28.3. The van der Waals surface area contributed by atoms with Crippen LogP contribution in [-0.2, 0) is 0 Å². The molecule has 6 heteroatoms. The average Bonchev–Trinajstić information content (AvgIpc) is 2.99. The van der Waals surface area contributed by atoms with Crippen LogP contribution >= 0.6 is 11.6 Å². The molecule has 3 rings (SSSR count). The van der Waals surface area contributed by atoms with E-state index in [1.54, 1.807) is 0 Å². The number of rotatable bonds is 3. The molecular formula is C15H26ClN5. The van der Waals surface area contributed by atoms with Crippen LogP contribution in [0.15, 0.2) is 15.8 Å². The van der Waals surface area contributed by atoms with Crippen molar-refractivity contribution in [3.8, 4) is 0 Å². The first-order chi connectivity index (χ1) is 10.2. The van der Waals surface area contributed by atoms with Gasteiger partial charge in [0.05, 0.1) is 5.71 Å². The molecule has 1 aliphatic carbocycles. The summed E-state index contributed by atoms with van der Waals surface area (Å²) >= 11 is 6.56. The Kier molecular flexibility index (Phi) is 4.72. The molecule has 0 aromatic carbocycles. The molecule has 1 atom stereocenters. The predicted octanol–water partition coefficient (Wildman–Crippen LogP) is 1.52. The van der Waals surface area contributed by atoms with Gasteiger partial charge >= 0.3 is 0 Å². The standard InChI is InChI=1S/C15H26ClN5/c1-11-13(16)14(21-9-7-17-8-10-21)20(2)15(18-11)19-12-5-3-4-6-12/h12,15,17,19H,3-10H2,1-2H3. The summed E-state index contributed by atoms with van der Waals surface area (Å²) in [6.07, 6.45) is 5.20. The van der Waals surface area contributed by atoms with E-state index in [-0.39, 0.29) is 6.29 Å². The van der Waals surface area contributed by atoms with Crippen molar-refractivity contribution in [1.29, 1.82) is 0 Å². The van der Waals surface area contributed by atoms with E-state index in [1.807, 2.05) is 6.92 Å². The molecule has 2 heterocycles. The third kappa shape index (κ3) is 3.20. The van der Waals surface area contributed by atoms with Gasteiger partial charge in [0.25, 0.3) is 0 Å². The van der Waals surface area contributed by atoms with E-state index < -0.39 is 0 Å². The van der Waals surface area contributed by atoms with Gasteiger partial charge in [-0.2, -0.15) is 0 Å². The number of piperazine rings is 1. The molecule has 5 nitrogen and oxygen atoms in total. The SMILES string of the molecule is CC1=NC(NC2CCCC2)N(C)C(N2CCNCC2)=C1Cl. The summed E-state index contributed by atoms with van der Waals surface area (Å²) in [6, 6.07) is 0.593. The van der Waals surface area contributed by atoms with E-state index >= 15 is 0 Å². The molecule has 0 aromatic heterocycles. The van der Waals surface area contributed by atoms with Crippen molar-refractivity contribution in [2.75, 3.05) is 33.2 Å². The van der Waals surface area contributed by atoms with Crippen molar-refractivity contribution >= 4 is 17.3 Å². The highest BCUT2D eigenvalue weighted by Gasteiger charge is 2.31. The zero-order chi connectivity index (χ0) is 14.8. The third-order valence-electron chi connectivity index (χ3n) is 4.69. The highest BCUT2D eigenvalue weighted by atomic mass is 35.5. The van der Waals surface area contributed by atoms with Crippen LogP contribution in [-0.4, -0.2) is 61.1 Å².